The molecule has 0 saturated carbocycles. The average molecular weight is 180 g/mol. The van der Waals surface area contributed by atoms with Gasteiger partial charge in [0.1, 0.15) is 0 Å². The fraction of sp³-hybridized carbons (Fsp3) is 0.364. The topological polar surface area (TPSA) is 26.3 Å². The van der Waals surface area contributed by atoms with Crippen LogP contribution in [0.15, 0.2) is 36.1 Å². The maximum absolute atomic E-state index is 11.0. The Morgan fingerprint density at radius 1 is 1.38 bits per heavy atom. The Balaban J connectivity index is 3.83. The predicted molar refractivity (Wildman–Crippen MR) is 54.1 cm³/mol. The summed E-state index contributed by atoms with van der Waals surface area (Å²) in [6, 6.07) is 0. The van der Waals surface area contributed by atoms with Crippen LogP contribution < -0.4 is 0 Å². The standard InChI is InChI=1S/C11H16O2/c1-4-6-7-8-9-13-11(12)10(3)5-2/h5-9H,4H2,1-3H3/b7-6+,9-8-,10-5+. The largest absolute Gasteiger partial charge is 0.431 e. The van der Waals surface area contributed by atoms with Gasteiger partial charge in [-0.3, -0.25) is 0 Å². The molecule has 0 unspecified atom stereocenters. The Morgan fingerprint density at radius 2 is 2.08 bits per heavy atom. The molecule has 0 spiro atoms. The van der Waals surface area contributed by atoms with Crippen molar-refractivity contribution in [1.29, 1.82) is 0 Å². The summed E-state index contributed by atoms with van der Waals surface area (Å²) in [5, 5.41) is 0. The van der Waals surface area contributed by atoms with E-state index >= 15 is 0 Å². The third-order valence-electron chi connectivity index (χ3n) is 1.49. The van der Waals surface area contributed by atoms with Gasteiger partial charge in [-0.15, -0.1) is 0 Å². The second kappa shape index (κ2) is 7.35. The number of carbonyl (C=O) groups excluding carboxylic acids is 1. The number of allylic oxidation sites excluding steroid dienone is 4. The maximum Gasteiger partial charge on any atom is 0.338 e. The number of esters is 1. The van der Waals surface area contributed by atoms with E-state index < -0.39 is 0 Å². The van der Waals surface area contributed by atoms with Crippen LogP contribution in [0.2, 0.25) is 0 Å². The highest BCUT2D eigenvalue weighted by Gasteiger charge is 2.00. The zero-order valence-corrected chi connectivity index (χ0v) is 8.41. The van der Waals surface area contributed by atoms with E-state index in [0.717, 1.165) is 6.42 Å². The average Bonchev–Trinajstić information content (AvgIpc) is 2.16. The highest BCUT2D eigenvalue weighted by molar-refractivity contribution is 5.87. The van der Waals surface area contributed by atoms with Crippen LogP contribution >= 0.6 is 0 Å². The minimum absolute atomic E-state index is 0.302. The van der Waals surface area contributed by atoms with E-state index in [1.165, 1.54) is 6.26 Å². The van der Waals surface area contributed by atoms with Gasteiger partial charge in [-0.2, -0.15) is 0 Å². The van der Waals surface area contributed by atoms with Gasteiger partial charge >= 0.3 is 5.97 Å². The molecular formula is C11H16O2. The number of carbonyl (C=O) groups is 1. The maximum atomic E-state index is 11.0. The van der Waals surface area contributed by atoms with Crippen molar-refractivity contribution < 1.29 is 9.53 Å². The van der Waals surface area contributed by atoms with Crippen molar-refractivity contribution in [3.05, 3.63) is 36.1 Å². The molecule has 0 aliphatic carbocycles. The molecule has 0 bridgehead atoms. The molecule has 0 atom stereocenters. The minimum Gasteiger partial charge on any atom is -0.431 e. The highest BCUT2D eigenvalue weighted by atomic mass is 16.5. The second-order valence-corrected chi connectivity index (χ2v) is 2.54. The molecule has 0 fully saturated rings. The smallest absolute Gasteiger partial charge is 0.338 e. The lowest BCUT2D eigenvalue weighted by atomic mass is 10.3. The first kappa shape index (κ1) is 11.7. The molecule has 13 heavy (non-hydrogen) atoms. The number of ether oxygens (including phenoxy) is 1. The molecule has 0 heterocycles. The Bertz CT molecular complexity index is 234. The van der Waals surface area contributed by atoms with Crippen LogP contribution in [0.5, 0.6) is 0 Å². The molecule has 2 nitrogen and oxygen atoms in total. The molecule has 0 aromatic rings. The van der Waals surface area contributed by atoms with Gasteiger partial charge in [-0.1, -0.05) is 25.2 Å². The highest BCUT2D eigenvalue weighted by Crippen LogP contribution is 1.96. The van der Waals surface area contributed by atoms with Crippen LogP contribution in [-0.2, 0) is 9.53 Å². The summed E-state index contributed by atoms with van der Waals surface area (Å²) in [5.74, 6) is -0.302. The van der Waals surface area contributed by atoms with Gasteiger partial charge in [0, 0.05) is 5.57 Å². The normalized spacial score (nSPS) is 12.7. The fourth-order valence-corrected chi connectivity index (χ4v) is 0.572. The van der Waals surface area contributed by atoms with Crippen LogP contribution in [0.25, 0.3) is 0 Å². The van der Waals surface area contributed by atoms with Crippen molar-refractivity contribution in [3.63, 3.8) is 0 Å². The Kier molecular flexibility index (Phi) is 6.60. The van der Waals surface area contributed by atoms with Gasteiger partial charge < -0.3 is 4.74 Å². The van der Waals surface area contributed by atoms with Crippen molar-refractivity contribution in [2.24, 2.45) is 0 Å². The van der Waals surface area contributed by atoms with Crippen molar-refractivity contribution in [2.45, 2.75) is 27.2 Å². The van der Waals surface area contributed by atoms with Crippen molar-refractivity contribution in [1.82, 2.24) is 0 Å². The van der Waals surface area contributed by atoms with Gasteiger partial charge in [0.05, 0.1) is 6.26 Å². The predicted octanol–water partition coefficient (Wildman–Crippen LogP) is 2.98. The summed E-state index contributed by atoms with van der Waals surface area (Å²) in [4.78, 5) is 11.0. The van der Waals surface area contributed by atoms with E-state index in [2.05, 4.69) is 0 Å². The Labute approximate surface area is 79.6 Å². The quantitative estimate of drug-likeness (QED) is 0.288. The molecule has 0 aliphatic rings. The summed E-state index contributed by atoms with van der Waals surface area (Å²) in [7, 11) is 0. The van der Waals surface area contributed by atoms with Crippen LogP contribution in [0.1, 0.15) is 27.2 Å². The van der Waals surface area contributed by atoms with Gasteiger partial charge in [0.2, 0.25) is 0 Å². The van der Waals surface area contributed by atoms with Crippen molar-refractivity contribution in [2.75, 3.05) is 0 Å². The molecule has 0 saturated heterocycles. The Morgan fingerprint density at radius 3 is 2.62 bits per heavy atom. The first-order valence-electron chi connectivity index (χ1n) is 4.38. The van der Waals surface area contributed by atoms with Crippen molar-refractivity contribution >= 4 is 5.97 Å². The summed E-state index contributed by atoms with van der Waals surface area (Å²) in [6.07, 6.45) is 9.61. The van der Waals surface area contributed by atoms with Gasteiger partial charge in [0.15, 0.2) is 0 Å². The zero-order chi connectivity index (χ0) is 10.1. The summed E-state index contributed by atoms with van der Waals surface area (Å²) >= 11 is 0. The van der Waals surface area contributed by atoms with Crippen molar-refractivity contribution in [3.8, 4) is 0 Å². The lowest BCUT2D eigenvalue weighted by Gasteiger charge is -1.95. The van der Waals surface area contributed by atoms with Crippen LogP contribution in [-0.4, -0.2) is 5.97 Å². The van der Waals surface area contributed by atoms with E-state index in [9.17, 15) is 4.79 Å². The van der Waals surface area contributed by atoms with Gasteiger partial charge in [-0.25, -0.2) is 4.79 Å². The van der Waals surface area contributed by atoms with E-state index in [0.29, 0.717) is 5.57 Å². The molecule has 0 aliphatic heterocycles. The molecule has 0 rings (SSSR count). The van der Waals surface area contributed by atoms with E-state index in [4.69, 9.17) is 4.74 Å². The number of rotatable bonds is 4. The number of hydrogen-bond acceptors (Lipinski definition) is 2. The van der Waals surface area contributed by atoms with E-state index in [-0.39, 0.29) is 5.97 Å². The van der Waals surface area contributed by atoms with E-state index in [1.807, 2.05) is 19.1 Å². The third-order valence-corrected chi connectivity index (χ3v) is 1.49. The van der Waals surface area contributed by atoms with Crippen LogP contribution in [0.3, 0.4) is 0 Å². The molecular weight excluding hydrogens is 164 g/mol. The zero-order valence-electron chi connectivity index (χ0n) is 8.41. The second-order valence-electron chi connectivity index (χ2n) is 2.54. The minimum atomic E-state index is -0.302. The first-order chi connectivity index (χ1) is 6.22. The number of hydrogen-bond donors (Lipinski definition) is 0. The molecule has 0 aromatic heterocycles. The monoisotopic (exact) mass is 180 g/mol. The molecule has 0 aromatic carbocycles. The van der Waals surface area contributed by atoms with Gasteiger partial charge in [-0.05, 0) is 26.3 Å². The molecule has 0 radical (unpaired) electrons. The summed E-state index contributed by atoms with van der Waals surface area (Å²) in [6.45, 7) is 5.57. The summed E-state index contributed by atoms with van der Waals surface area (Å²) < 4.78 is 4.80. The Hall–Kier alpha value is -1.31. The molecule has 0 N–H and O–H groups in total. The lowest BCUT2D eigenvalue weighted by molar-refractivity contribution is -0.133. The SMILES string of the molecule is C/C=C(\C)C(=O)O/C=C\C=C\CC. The van der Waals surface area contributed by atoms with Crippen LogP contribution in [0.4, 0.5) is 0 Å². The van der Waals surface area contributed by atoms with E-state index in [1.54, 1.807) is 26.0 Å². The van der Waals surface area contributed by atoms with Gasteiger partial charge in [0.25, 0.3) is 0 Å². The lowest BCUT2D eigenvalue weighted by Crippen LogP contribution is -1.99. The summed E-state index contributed by atoms with van der Waals surface area (Å²) in [5.41, 5.74) is 0.615. The molecule has 2 heteroatoms. The first-order valence-corrected chi connectivity index (χ1v) is 4.38. The molecule has 72 valence electrons. The fourth-order valence-electron chi connectivity index (χ4n) is 0.572. The third kappa shape index (κ3) is 5.91. The van der Waals surface area contributed by atoms with Crippen LogP contribution in [0, 0.1) is 0 Å². The molecule has 0 amide bonds.